The van der Waals surface area contributed by atoms with Gasteiger partial charge in [0.05, 0.1) is 5.69 Å². The highest BCUT2D eigenvalue weighted by atomic mass is 19.4. The van der Waals surface area contributed by atoms with Gasteiger partial charge in [-0.05, 0) is 42.5 Å². The Hall–Kier alpha value is -3.82. The largest absolute Gasteiger partial charge is 0.573 e. The van der Waals surface area contributed by atoms with Crippen LogP contribution in [0.25, 0.3) is 11.3 Å². The average molecular weight is 389 g/mol. The quantitative estimate of drug-likeness (QED) is 0.619. The summed E-state index contributed by atoms with van der Waals surface area (Å²) in [5.74, 6) is -0.217. The van der Waals surface area contributed by atoms with Crippen LogP contribution in [-0.4, -0.2) is 22.4 Å². The maximum Gasteiger partial charge on any atom is 0.573 e. The zero-order valence-electron chi connectivity index (χ0n) is 14.2. The second-order valence-corrected chi connectivity index (χ2v) is 5.53. The highest BCUT2D eigenvalue weighted by molar-refractivity contribution is 5.99. The van der Waals surface area contributed by atoms with Crippen molar-refractivity contribution in [1.29, 1.82) is 0 Å². The van der Waals surface area contributed by atoms with Crippen molar-refractivity contribution in [2.75, 3.05) is 16.4 Å². The molecule has 3 aromatic rings. The Kier molecular flexibility index (Phi) is 5.30. The number of ether oxygens (including phenoxy) is 1. The summed E-state index contributed by atoms with van der Waals surface area (Å²) >= 11 is 0. The summed E-state index contributed by atoms with van der Waals surface area (Å²) in [7, 11) is 0. The van der Waals surface area contributed by atoms with Crippen molar-refractivity contribution in [2.45, 2.75) is 6.36 Å². The standard InChI is InChI=1S/C18H14F3N5O2/c19-18(20,21)28-14-7-5-13(6-8-14)25-17(27)24-12-3-1-11(2-4-12)15-9-10-23-16(22)26-15/h1-10H,(H2,22,23,26)(H2,24,25,27). The van der Waals surface area contributed by atoms with Crippen LogP contribution in [0.5, 0.6) is 5.75 Å². The van der Waals surface area contributed by atoms with Gasteiger partial charge < -0.3 is 21.1 Å². The number of hydrogen-bond donors (Lipinski definition) is 3. The Morgan fingerprint density at radius 3 is 2.04 bits per heavy atom. The lowest BCUT2D eigenvalue weighted by Gasteiger charge is -2.11. The molecule has 144 valence electrons. The molecular weight excluding hydrogens is 375 g/mol. The Balaban J connectivity index is 1.59. The van der Waals surface area contributed by atoms with Crippen LogP contribution < -0.4 is 21.1 Å². The van der Waals surface area contributed by atoms with Crippen LogP contribution in [0.3, 0.4) is 0 Å². The van der Waals surface area contributed by atoms with Crippen molar-refractivity contribution in [1.82, 2.24) is 9.97 Å². The van der Waals surface area contributed by atoms with Gasteiger partial charge in [0.25, 0.3) is 0 Å². The molecule has 0 saturated carbocycles. The van der Waals surface area contributed by atoms with Crippen molar-refractivity contribution in [3.63, 3.8) is 0 Å². The minimum absolute atomic E-state index is 0.158. The monoisotopic (exact) mass is 389 g/mol. The molecule has 0 aliphatic heterocycles. The number of carbonyl (C=O) groups is 1. The Bertz CT molecular complexity index is 960. The number of anilines is 3. The van der Waals surface area contributed by atoms with E-state index in [0.717, 1.165) is 17.7 Å². The van der Waals surface area contributed by atoms with Gasteiger partial charge in [0, 0.05) is 23.1 Å². The van der Waals surface area contributed by atoms with Gasteiger partial charge in [-0.3, -0.25) is 0 Å². The zero-order valence-corrected chi connectivity index (χ0v) is 14.2. The first-order valence-corrected chi connectivity index (χ1v) is 7.91. The van der Waals surface area contributed by atoms with Crippen LogP contribution in [0.1, 0.15) is 0 Å². The van der Waals surface area contributed by atoms with Gasteiger partial charge in [-0.15, -0.1) is 13.2 Å². The fraction of sp³-hybridized carbons (Fsp3) is 0.0556. The van der Waals surface area contributed by atoms with E-state index in [1.165, 1.54) is 12.1 Å². The second kappa shape index (κ2) is 7.82. The van der Waals surface area contributed by atoms with E-state index < -0.39 is 12.4 Å². The van der Waals surface area contributed by atoms with Gasteiger partial charge in [0.15, 0.2) is 0 Å². The van der Waals surface area contributed by atoms with Gasteiger partial charge in [-0.2, -0.15) is 0 Å². The molecule has 3 rings (SSSR count). The highest BCUT2D eigenvalue weighted by Crippen LogP contribution is 2.24. The first-order valence-electron chi connectivity index (χ1n) is 7.91. The molecule has 7 nitrogen and oxygen atoms in total. The van der Waals surface area contributed by atoms with E-state index in [1.54, 1.807) is 36.5 Å². The number of nitrogens with zero attached hydrogens (tertiary/aromatic N) is 2. The van der Waals surface area contributed by atoms with Crippen molar-refractivity contribution < 1.29 is 22.7 Å². The van der Waals surface area contributed by atoms with Crippen LogP contribution in [0, 0.1) is 0 Å². The van der Waals surface area contributed by atoms with Crippen LogP contribution in [-0.2, 0) is 0 Å². The summed E-state index contributed by atoms with van der Waals surface area (Å²) in [4.78, 5) is 20.0. The predicted octanol–water partition coefficient (Wildman–Crippen LogP) is 4.27. The average Bonchev–Trinajstić information content (AvgIpc) is 2.63. The molecule has 4 N–H and O–H groups in total. The van der Waals surface area contributed by atoms with Crippen molar-refractivity contribution in [3.05, 3.63) is 60.8 Å². The van der Waals surface area contributed by atoms with Crippen molar-refractivity contribution >= 4 is 23.4 Å². The molecule has 0 spiro atoms. The van der Waals surface area contributed by atoms with E-state index in [-0.39, 0.29) is 11.7 Å². The predicted molar refractivity (Wildman–Crippen MR) is 97.6 cm³/mol. The Morgan fingerprint density at radius 2 is 1.50 bits per heavy atom. The third-order valence-corrected chi connectivity index (χ3v) is 3.46. The fourth-order valence-corrected chi connectivity index (χ4v) is 2.29. The molecule has 0 aliphatic rings. The molecule has 0 radical (unpaired) electrons. The van der Waals surface area contributed by atoms with Crippen LogP contribution in [0.4, 0.5) is 35.3 Å². The maximum absolute atomic E-state index is 12.1. The SMILES string of the molecule is Nc1nccc(-c2ccc(NC(=O)Nc3ccc(OC(F)(F)F)cc3)cc2)n1. The number of rotatable bonds is 4. The Labute approximate surface area is 157 Å². The number of aromatic nitrogens is 2. The smallest absolute Gasteiger partial charge is 0.406 e. The number of hydrogen-bond acceptors (Lipinski definition) is 5. The second-order valence-electron chi connectivity index (χ2n) is 5.53. The summed E-state index contributed by atoms with van der Waals surface area (Å²) in [6.07, 6.45) is -3.22. The number of alkyl halides is 3. The topological polar surface area (TPSA) is 102 Å². The number of halogens is 3. The van der Waals surface area contributed by atoms with Crippen molar-refractivity contribution in [2.24, 2.45) is 0 Å². The molecule has 0 aliphatic carbocycles. The number of urea groups is 1. The Morgan fingerprint density at radius 1 is 0.929 bits per heavy atom. The van der Waals surface area contributed by atoms with E-state index in [0.29, 0.717) is 17.1 Å². The van der Waals surface area contributed by atoms with Gasteiger partial charge in [0.1, 0.15) is 5.75 Å². The molecule has 2 aromatic carbocycles. The summed E-state index contributed by atoms with van der Waals surface area (Å²) in [5, 5.41) is 5.12. The number of benzene rings is 2. The fourth-order valence-electron chi connectivity index (χ4n) is 2.29. The van der Waals surface area contributed by atoms with Crippen LogP contribution in [0.2, 0.25) is 0 Å². The van der Waals surface area contributed by atoms with Gasteiger partial charge in [0.2, 0.25) is 5.95 Å². The van der Waals surface area contributed by atoms with Crippen LogP contribution in [0.15, 0.2) is 60.8 Å². The molecule has 0 fully saturated rings. The lowest BCUT2D eigenvalue weighted by atomic mass is 10.1. The van der Waals surface area contributed by atoms with E-state index in [2.05, 4.69) is 25.3 Å². The summed E-state index contributed by atoms with van der Waals surface area (Å²) < 4.78 is 40.2. The van der Waals surface area contributed by atoms with Gasteiger partial charge >= 0.3 is 12.4 Å². The molecule has 10 heteroatoms. The number of nitrogens with one attached hydrogen (secondary N) is 2. The molecule has 1 aromatic heterocycles. The molecule has 0 bridgehead atoms. The van der Waals surface area contributed by atoms with E-state index in [4.69, 9.17) is 5.73 Å². The summed E-state index contributed by atoms with van der Waals surface area (Å²) in [6, 6.07) is 12.8. The third-order valence-electron chi connectivity index (χ3n) is 3.46. The first kappa shape index (κ1) is 19.0. The van der Waals surface area contributed by atoms with E-state index >= 15 is 0 Å². The lowest BCUT2D eigenvalue weighted by Crippen LogP contribution is -2.19. The molecule has 1 heterocycles. The maximum atomic E-state index is 12.1. The molecule has 0 saturated heterocycles. The number of amides is 2. The molecule has 2 amide bonds. The number of carbonyl (C=O) groups excluding carboxylic acids is 1. The van der Waals surface area contributed by atoms with Gasteiger partial charge in [-0.25, -0.2) is 14.8 Å². The van der Waals surface area contributed by atoms with Crippen LogP contribution >= 0.6 is 0 Å². The minimum atomic E-state index is -4.77. The van der Waals surface area contributed by atoms with E-state index in [1.807, 2.05) is 0 Å². The molecule has 0 unspecified atom stereocenters. The highest BCUT2D eigenvalue weighted by Gasteiger charge is 2.30. The number of nitrogens with two attached hydrogens (primary N) is 1. The minimum Gasteiger partial charge on any atom is -0.406 e. The molecular formula is C18H14F3N5O2. The lowest BCUT2D eigenvalue weighted by molar-refractivity contribution is -0.274. The zero-order chi connectivity index (χ0) is 20.1. The molecule has 28 heavy (non-hydrogen) atoms. The van der Waals surface area contributed by atoms with E-state index in [9.17, 15) is 18.0 Å². The normalized spacial score (nSPS) is 11.0. The third kappa shape index (κ3) is 5.34. The first-order chi connectivity index (χ1) is 13.3. The summed E-state index contributed by atoms with van der Waals surface area (Å²) in [6.45, 7) is 0. The van der Waals surface area contributed by atoms with Crippen molar-refractivity contribution in [3.8, 4) is 17.0 Å². The van der Waals surface area contributed by atoms with Gasteiger partial charge in [-0.1, -0.05) is 12.1 Å². The summed E-state index contributed by atoms with van der Waals surface area (Å²) in [5.41, 5.74) is 7.81. The number of nitrogen functional groups attached to an aromatic ring is 1. The molecule has 0 atom stereocenters.